The fourth-order valence-corrected chi connectivity index (χ4v) is 2.70. The highest BCUT2D eigenvalue weighted by Gasteiger charge is 2.34. The SMILES string of the molecule is CC(O)c1ccccc1N1CC(CO)OC(C)(C)C1. The van der Waals surface area contributed by atoms with E-state index in [1.165, 1.54) is 0 Å². The predicted molar refractivity (Wildman–Crippen MR) is 75.3 cm³/mol. The molecule has 2 N–H and O–H groups in total. The van der Waals surface area contributed by atoms with Gasteiger partial charge in [-0.25, -0.2) is 0 Å². The van der Waals surface area contributed by atoms with Crippen molar-refractivity contribution in [3.63, 3.8) is 0 Å². The minimum absolute atomic E-state index is 0.0107. The molecule has 2 atom stereocenters. The molecule has 106 valence electrons. The maximum absolute atomic E-state index is 9.88. The van der Waals surface area contributed by atoms with Crippen LogP contribution in [0.4, 0.5) is 5.69 Å². The lowest BCUT2D eigenvalue weighted by atomic mass is 10.0. The van der Waals surface area contributed by atoms with Crippen LogP contribution in [0.5, 0.6) is 0 Å². The van der Waals surface area contributed by atoms with Crippen LogP contribution < -0.4 is 4.90 Å². The van der Waals surface area contributed by atoms with Crippen LogP contribution in [0.15, 0.2) is 24.3 Å². The molecule has 1 aliphatic rings. The molecule has 0 spiro atoms. The molecule has 0 radical (unpaired) electrons. The van der Waals surface area contributed by atoms with E-state index in [0.29, 0.717) is 6.54 Å². The molecular weight excluding hydrogens is 242 g/mol. The average Bonchev–Trinajstić information content (AvgIpc) is 2.36. The van der Waals surface area contributed by atoms with E-state index in [2.05, 4.69) is 4.90 Å². The van der Waals surface area contributed by atoms with E-state index in [1.807, 2.05) is 38.1 Å². The van der Waals surface area contributed by atoms with Gasteiger partial charge in [0, 0.05) is 24.3 Å². The monoisotopic (exact) mass is 265 g/mol. The van der Waals surface area contributed by atoms with Crippen LogP contribution in [0.1, 0.15) is 32.4 Å². The summed E-state index contributed by atoms with van der Waals surface area (Å²) in [4.78, 5) is 2.19. The number of morpholine rings is 1. The Balaban J connectivity index is 2.30. The van der Waals surface area contributed by atoms with E-state index in [9.17, 15) is 10.2 Å². The Morgan fingerprint density at radius 1 is 1.42 bits per heavy atom. The lowest BCUT2D eigenvalue weighted by Gasteiger charge is -2.44. The largest absolute Gasteiger partial charge is 0.394 e. The summed E-state index contributed by atoms with van der Waals surface area (Å²) in [6.45, 7) is 7.21. The van der Waals surface area contributed by atoms with Gasteiger partial charge in [0.2, 0.25) is 0 Å². The molecule has 1 aromatic carbocycles. The number of rotatable bonds is 3. The molecule has 2 unspecified atom stereocenters. The first-order valence-electron chi connectivity index (χ1n) is 6.73. The third-order valence-electron chi connectivity index (χ3n) is 3.41. The predicted octanol–water partition coefficient (Wildman–Crippen LogP) is 1.72. The summed E-state index contributed by atoms with van der Waals surface area (Å²) in [5.74, 6) is 0. The molecule has 4 heteroatoms. The van der Waals surface area contributed by atoms with Gasteiger partial charge in [-0.2, -0.15) is 0 Å². The number of ether oxygens (including phenoxy) is 1. The highest BCUT2D eigenvalue weighted by molar-refractivity contribution is 5.55. The van der Waals surface area contributed by atoms with E-state index in [0.717, 1.165) is 17.8 Å². The van der Waals surface area contributed by atoms with Crippen LogP contribution >= 0.6 is 0 Å². The van der Waals surface area contributed by atoms with Gasteiger partial charge >= 0.3 is 0 Å². The Morgan fingerprint density at radius 3 is 2.74 bits per heavy atom. The van der Waals surface area contributed by atoms with Crippen LogP contribution in [0.2, 0.25) is 0 Å². The van der Waals surface area contributed by atoms with Crippen LogP contribution in [-0.2, 0) is 4.74 Å². The molecule has 0 aromatic heterocycles. The van der Waals surface area contributed by atoms with Gasteiger partial charge in [0.25, 0.3) is 0 Å². The zero-order valence-corrected chi connectivity index (χ0v) is 11.8. The van der Waals surface area contributed by atoms with Crippen molar-refractivity contribution in [2.75, 3.05) is 24.6 Å². The molecule has 1 fully saturated rings. The number of para-hydroxylation sites is 1. The van der Waals surface area contributed by atoms with Crippen LogP contribution in [-0.4, -0.2) is 41.6 Å². The maximum Gasteiger partial charge on any atom is 0.0988 e. The Hall–Kier alpha value is -1.10. The van der Waals surface area contributed by atoms with Gasteiger partial charge in [-0.15, -0.1) is 0 Å². The third kappa shape index (κ3) is 3.26. The van der Waals surface area contributed by atoms with E-state index < -0.39 is 6.10 Å². The highest BCUT2D eigenvalue weighted by atomic mass is 16.5. The summed E-state index contributed by atoms with van der Waals surface area (Å²) in [5, 5.41) is 19.2. The smallest absolute Gasteiger partial charge is 0.0988 e. The lowest BCUT2D eigenvalue weighted by molar-refractivity contribution is -0.101. The zero-order valence-electron chi connectivity index (χ0n) is 11.8. The molecular formula is C15H23NO3. The number of aliphatic hydroxyl groups excluding tert-OH is 2. The Bertz CT molecular complexity index is 431. The molecule has 1 saturated heterocycles. The number of hydrogen-bond acceptors (Lipinski definition) is 4. The summed E-state index contributed by atoms with van der Waals surface area (Å²) >= 11 is 0. The third-order valence-corrected chi connectivity index (χ3v) is 3.41. The molecule has 1 aliphatic heterocycles. The van der Waals surface area contributed by atoms with Gasteiger partial charge in [0.15, 0.2) is 0 Å². The molecule has 4 nitrogen and oxygen atoms in total. The van der Waals surface area contributed by atoms with Crippen LogP contribution in [0.3, 0.4) is 0 Å². The summed E-state index contributed by atoms with van der Waals surface area (Å²) in [6.07, 6.45) is -0.694. The van der Waals surface area contributed by atoms with Gasteiger partial charge < -0.3 is 19.8 Å². The first kappa shape index (κ1) is 14.3. The summed E-state index contributed by atoms with van der Waals surface area (Å²) in [6, 6.07) is 7.85. The number of anilines is 1. The van der Waals surface area contributed by atoms with Crippen molar-refractivity contribution in [2.24, 2.45) is 0 Å². The van der Waals surface area contributed by atoms with Gasteiger partial charge in [0.05, 0.1) is 24.4 Å². The standard InChI is InChI=1S/C15H23NO3/c1-11(18)13-6-4-5-7-14(13)16-8-12(9-17)19-15(2,3)10-16/h4-7,11-12,17-18H,8-10H2,1-3H3. The minimum atomic E-state index is -0.505. The first-order valence-corrected chi connectivity index (χ1v) is 6.73. The van der Waals surface area contributed by atoms with Crippen LogP contribution in [0.25, 0.3) is 0 Å². The Morgan fingerprint density at radius 2 is 2.11 bits per heavy atom. The second-order valence-corrected chi connectivity index (χ2v) is 5.80. The molecule has 2 rings (SSSR count). The fraction of sp³-hybridized carbons (Fsp3) is 0.600. The maximum atomic E-state index is 9.88. The normalized spacial score (nSPS) is 24.3. The number of aliphatic hydroxyl groups is 2. The Labute approximate surface area is 114 Å². The summed E-state index contributed by atoms with van der Waals surface area (Å²) in [5.41, 5.74) is 1.63. The van der Waals surface area contributed by atoms with Gasteiger partial charge in [-0.05, 0) is 26.8 Å². The van der Waals surface area contributed by atoms with E-state index in [4.69, 9.17) is 4.74 Å². The Kier molecular flexibility index (Phi) is 4.13. The molecule has 1 heterocycles. The van der Waals surface area contributed by atoms with E-state index >= 15 is 0 Å². The minimum Gasteiger partial charge on any atom is -0.394 e. The number of hydrogen-bond donors (Lipinski definition) is 2. The molecule has 0 amide bonds. The molecule has 0 bridgehead atoms. The quantitative estimate of drug-likeness (QED) is 0.873. The van der Waals surface area contributed by atoms with E-state index in [-0.39, 0.29) is 18.3 Å². The van der Waals surface area contributed by atoms with Crippen molar-refractivity contribution in [1.29, 1.82) is 0 Å². The van der Waals surface area contributed by atoms with Crippen molar-refractivity contribution in [3.8, 4) is 0 Å². The first-order chi connectivity index (χ1) is 8.93. The van der Waals surface area contributed by atoms with Crippen molar-refractivity contribution >= 4 is 5.69 Å². The lowest BCUT2D eigenvalue weighted by Crippen LogP contribution is -2.54. The molecule has 0 aliphatic carbocycles. The van der Waals surface area contributed by atoms with Crippen molar-refractivity contribution in [2.45, 2.75) is 38.6 Å². The highest BCUT2D eigenvalue weighted by Crippen LogP contribution is 2.31. The number of benzene rings is 1. The van der Waals surface area contributed by atoms with Gasteiger partial charge in [0.1, 0.15) is 0 Å². The number of nitrogens with zero attached hydrogens (tertiary/aromatic N) is 1. The topological polar surface area (TPSA) is 52.9 Å². The fourth-order valence-electron chi connectivity index (χ4n) is 2.70. The summed E-state index contributed by atoms with van der Waals surface area (Å²) < 4.78 is 5.82. The van der Waals surface area contributed by atoms with Crippen molar-refractivity contribution in [1.82, 2.24) is 0 Å². The molecule has 0 saturated carbocycles. The van der Waals surface area contributed by atoms with Crippen LogP contribution in [0, 0.1) is 0 Å². The van der Waals surface area contributed by atoms with E-state index in [1.54, 1.807) is 6.92 Å². The van der Waals surface area contributed by atoms with Crippen molar-refractivity contribution in [3.05, 3.63) is 29.8 Å². The molecule has 19 heavy (non-hydrogen) atoms. The zero-order chi connectivity index (χ0) is 14.0. The second-order valence-electron chi connectivity index (χ2n) is 5.80. The van der Waals surface area contributed by atoms with Gasteiger partial charge in [-0.1, -0.05) is 18.2 Å². The second kappa shape index (κ2) is 5.49. The van der Waals surface area contributed by atoms with Crippen molar-refractivity contribution < 1.29 is 14.9 Å². The summed E-state index contributed by atoms with van der Waals surface area (Å²) in [7, 11) is 0. The molecule has 1 aromatic rings. The van der Waals surface area contributed by atoms with Gasteiger partial charge in [-0.3, -0.25) is 0 Å². The average molecular weight is 265 g/mol.